The van der Waals surface area contributed by atoms with Crippen LogP contribution >= 0.6 is 0 Å². The Hall–Kier alpha value is -1.40. The molecule has 128 valence electrons. The normalized spacial score (nSPS) is 21.0. The zero-order chi connectivity index (χ0) is 16.9. The van der Waals surface area contributed by atoms with E-state index < -0.39 is 9.84 Å². The van der Waals surface area contributed by atoms with Crippen molar-refractivity contribution in [1.82, 2.24) is 10.2 Å². The number of amides is 1. The first-order valence-corrected chi connectivity index (χ1v) is 10.0. The average molecular weight is 338 g/mol. The molecule has 6 heteroatoms. The van der Waals surface area contributed by atoms with Gasteiger partial charge < -0.3 is 10.2 Å². The topological polar surface area (TPSA) is 66.5 Å². The average Bonchev–Trinajstić information content (AvgIpc) is 2.88. The minimum atomic E-state index is -2.96. The van der Waals surface area contributed by atoms with Crippen LogP contribution in [0.2, 0.25) is 0 Å². The molecule has 0 bridgehead atoms. The van der Waals surface area contributed by atoms with E-state index in [9.17, 15) is 13.2 Å². The lowest BCUT2D eigenvalue weighted by atomic mass is 10.1. The van der Waals surface area contributed by atoms with Crippen molar-refractivity contribution in [3.8, 4) is 0 Å². The van der Waals surface area contributed by atoms with Gasteiger partial charge in [0.05, 0.1) is 11.5 Å². The lowest BCUT2D eigenvalue weighted by Crippen LogP contribution is -2.42. The lowest BCUT2D eigenvalue weighted by Gasteiger charge is -2.27. The lowest BCUT2D eigenvalue weighted by molar-refractivity contribution is -0.132. The SMILES string of the molecule is CCN(C(=O)CCNC(C)c1ccccc1)C1CCS(=O)(=O)C1. The van der Waals surface area contributed by atoms with E-state index >= 15 is 0 Å². The summed E-state index contributed by atoms with van der Waals surface area (Å²) in [6.07, 6.45) is 0.956. The second-order valence-corrected chi connectivity index (χ2v) is 8.30. The van der Waals surface area contributed by atoms with Gasteiger partial charge in [-0.3, -0.25) is 4.79 Å². The van der Waals surface area contributed by atoms with Gasteiger partial charge in [-0.15, -0.1) is 0 Å². The molecule has 2 atom stereocenters. The molecule has 1 amide bonds. The summed E-state index contributed by atoms with van der Waals surface area (Å²) in [5.41, 5.74) is 1.19. The first-order chi connectivity index (χ1) is 10.9. The molecule has 0 aromatic heterocycles. The number of hydrogen-bond donors (Lipinski definition) is 1. The number of carbonyl (C=O) groups excluding carboxylic acids is 1. The van der Waals surface area contributed by atoms with E-state index in [0.717, 1.165) is 0 Å². The second kappa shape index (κ2) is 7.93. The Morgan fingerprint density at radius 3 is 2.61 bits per heavy atom. The Morgan fingerprint density at radius 2 is 2.04 bits per heavy atom. The van der Waals surface area contributed by atoms with Gasteiger partial charge in [0, 0.05) is 31.6 Å². The summed E-state index contributed by atoms with van der Waals surface area (Å²) in [6.45, 7) is 5.13. The first-order valence-electron chi connectivity index (χ1n) is 8.21. The van der Waals surface area contributed by atoms with E-state index in [4.69, 9.17) is 0 Å². The van der Waals surface area contributed by atoms with Crippen LogP contribution in [0.4, 0.5) is 0 Å². The maximum atomic E-state index is 12.4. The van der Waals surface area contributed by atoms with Gasteiger partial charge in [0.1, 0.15) is 0 Å². The largest absolute Gasteiger partial charge is 0.339 e. The fourth-order valence-electron chi connectivity index (χ4n) is 3.06. The molecule has 0 radical (unpaired) electrons. The van der Waals surface area contributed by atoms with Crippen molar-refractivity contribution in [2.75, 3.05) is 24.6 Å². The van der Waals surface area contributed by atoms with Crippen LogP contribution in [0.3, 0.4) is 0 Å². The summed E-state index contributed by atoms with van der Waals surface area (Å²) in [7, 11) is -2.96. The fraction of sp³-hybridized carbons (Fsp3) is 0.588. The molecule has 0 saturated carbocycles. The molecule has 1 fully saturated rings. The maximum Gasteiger partial charge on any atom is 0.224 e. The zero-order valence-electron chi connectivity index (χ0n) is 13.9. The third kappa shape index (κ3) is 5.04. The summed E-state index contributed by atoms with van der Waals surface area (Å²) >= 11 is 0. The highest BCUT2D eigenvalue weighted by Gasteiger charge is 2.33. The Balaban J connectivity index is 1.81. The second-order valence-electron chi connectivity index (χ2n) is 6.07. The molecule has 1 aromatic rings. The van der Waals surface area contributed by atoms with Crippen molar-refractivity contribution in [3.63, 3.8) is 0 Å². The standard InChI is InChI=1S/C17H26N2O3S/c1-3-19(16-10-12-23(21,22)13-16)17(20)9-11-18-14(2)15-7-5-4-6-8-15/h4-8,14,16,18H,3,9-13H2,1-2H3. The van der Waals surface area contributed by atoms with Crippen LogP contribution in [0, 0.1) is 0 Å². The van der Waals surface area contributed by atoms with Gasteiger partial charge >= 0.3 is 0 Å². The Kier molecular flexibility index (Phi) is 6.18. The number of hydrogen-bond acceptors (Lipinski definition) is 4. The van der Waals surface area contributed by atoms with E-state index in [1.54, 1.807) is 4.90 Å². The summed E-state index contributed by atoms with van der Waals surface area (Å²) in [4.78, 5) is 14.1. The van der Waals surface area contributed by atoms with Gasteiger partial charge in [0.15, 0.2) is 9.84 Å². The van der Waals surface area contributed by atoms with Gasteiger partial charge in [-0.2, -0.15) is 0 Å². The third-order valence-corrected chi connectivity index (χ3v) is 6.15. The number of benzene rings is 1. The molecule has 2 rings (SSSR count). The molecular formula is C17H26N2O3S. The maximum absolute atomic E-state index is 12.4. The van der Waals surface area contributed by atoms with E-state index in [1.807, 2.05) is 25.1 Å². The van der Waals surface area contributed by atoms with Crippen molar-refractivity contribution >= 4 is 15.7 Å². The molecule has 1 aliphatic heterocycles. The molecule has 1 aromatic carbocycles. The highest BCUT2D eigenvalue weighted by Crippen LogP contribution is 2.18. The number of rotatable bonds is 7. The summed E-state index contributed by atoms with van der Waals surface area (Å²) in [5.74, 6) is 0.341. The predicted octanol–water partition coefficient (Wildman–Crippen LogP) is 1.76. The van der Waals surface area contributed by atoms with Crippen molar-refractivity contribution in [2.24, 2.45) is 0 Å². The molecule has 5 nitrogen and oxygen atoms in total. The molecule has 1 heterocycles. The van der Waals surface area contributed by atoms with Crippen LogP contribution in [-0.2, 0) is 14.6 Å². The van der Waals surface area contributed by atoms with Crippen molar-refractivity contribution in [3.05, 3.63) is 35.9 Å². The van der Waals surface area contributed by atoms with Crippen molar-refractivity contribution < 1.29 is 13.2 Å². The smallest absolute Gasteiger partial charge is 0.224 e. The van der Waals surface area contributed by atoms with Gasteiger partial charge in [-0.1, -0.05) is 30.3 Å². The molecular weight excluding hydrogens is 312 g/mol. The highest BCUT2D eigenvalue weighted by molar-refractivity contribution is 7.91. The van der Waals surface area contributed by atoms with Gasteiger partial charge in [0.2, 0.25) is 5.91 Å². The van der Waals surface area contributed by atoms with Crippen LogP contribution < -0.4 is 5.32 Å². The van der Waals surface area contributed by atoms with Crippen LogP contribution in [0.25, 0.3) is 0 Å². The number of carbonyl (C=O) groups is 1. The third-order valence-electron chi connectivity index (χ3n) is 4.40. The van der Waals surface area contributed by atoms with Gasteiger partial charge in [-0.05, 0) is 25.8 Å². The monoisotopic (exact) mass is 338 g/mol. The Labute approximate surface area is 139 Å². The Morgan fingerprint density at radius 1 is 1.35 bits per heavy atom. The van der Waals surface area contributed by atoms with E-state index in [1.165, 1.54) is 5.56 Å². The minimum Gasteiger partial charge on any atom is -0.339 e. The predicted molar refractivity (Wildman–Crippen MR) is 91.9 cm³/mol. The van der Waals surface area contributed by atoms with E-state index in [0.29, 0.717) is 25.9 Å². The number of sulfone groups is 1. The Bertz CT molecular complexity index is 616. The molecule has 1 aliphatic rings. The van der Waals surface area contributed by atoms with Crippen LogP contribution in [0.1, 0.15) is 38.3 Å². The molecule has 0 spiro atoms. The van der Waals surface area contributed by atoms with Crippen LogP contribution in [0.15, 0.2) is 30.3 Å². The minimum absolute atomic E-state index is 0.0300. The van der Waals surface area contributed by atoms with Gasteiger partial charge in [-0.25, -0.2) is 8.42 Å². The van der Waals surface area contributed by atoms with E-state index in [-0.39, 0.29) is 29.5 Å². The highest BCUT2D eigenvalue weighted by atomic mass is 32.2. The number of nitrogens with one attached hydrogen (secondary N) is 1. The zero-order valence-corrected chi connectivity index (χ0v) is 14.7. The first kappa shape index (κ1) is 17.9. The molecule has 1 N–H and O–H groups in total. The van der Waals surface area contributed by atoms with Gasteiger partial charge in [0.25, 0.3) is 0 Å². The molecule has 2 unspecified atom stereocenters. The molecule has 1 saturated heterocycles. The fourth-order valence-corrected chi connectivity index (χ4v) is 4.79. The quantitative estimate of drug-likeness (QED) is 0.823. The molecule has 0 aliphatic carbocycles. The van der Waals surface area contributed by atoms with Crippen LogP contribution in [0.5, 0.6) is 0 Å². The van der Waals surface area contributed by atoms with Crippen molar-refractivity contribution in [1.29, 1.82) is 0 Å². The summed E-state index contributed by atoms with van der Waals surface area (Å²) < 4.78 is 23.2. The van der Waals surface area contributed by atoms with Crippen molar-refractivity contribution in [2.45, 2.75) is 38.8 Å². The van der Waals surface area contributed by atoms with E-state index in [2.05, 4.69) is 24.4 Å². The molecule has 23 heavy (non-hydrogen) atoms. The summed E-state index contributed by atoms with van der Waals surface area (Å²) in [6, 6.07) is 10.1. The number of nitrogens with zero attached hydrogens (tertiary/aromatic N) is 1. The van der Waals surface area contributed by atoms with Crippen LogP contribution in [-0.4, -0.2) is 49.9 Å². The summed E-state index contributed by atoms with van der Waals surface area (Å²) in [5, 5.41) is 3.35.